The van der Waals surface area contributed by atoms with Gasteiger partial charge in [0.2, 0.25) is 0 Å². The Hall–Kier alpha value is -1.00. The predicted octanol–water partition coefficient (Wildman–Crippen LogP) is 3.21. The molecule has 0 aromatic heterocycles. The number of hydrogen-bond donors (Lipinski definition) is 2. The van der Waals surface area contributed by atoms with Crippen LogP contribution in [0.4, 0.5) is 15.8 Å². The van der Waals surface area contributed by atoms with E-state index in [4.69, 9.17) is 17.3 Å². The number of nitrogens with one attached hydrogen (secondary N) is 1. The molecule has 0 aliphatic carbocycles. The van der Waals surface area contributed by atoms with Gasteiger partial charge in [0.05, 0.1) is 16.4 Å². The summed E-state index contributed by atoms with van der Waals surface area (Å²) in [5.41, 5.74) is 6.87. The van der Waals surface area contributed by atoms with Gasteiger partial charge in [-0.1, -0.05) is 18.5 Å². The average molecular weight is 286 g/mol. The van der Waals surface area contributed by atoms with Crippen molar-refractivity contribution in [1.82, 2.24) is 4.90 Å². The van der Waals surface area contributed by atoms with Gasteiger partial charge in [-0.2, -0.15) is 0 Å². The van der Waals surface area contributed by atoms with E-state index >= 15 is 0 Å². The summed E-state index contributed by atoms with van der Waals surface area (Å²) in [7, 11) is 0. The first-order valence-corrected chi connectivity index (χ1v) is 7.15. The number of anilines is 2. The maximum absolute atomic E-state index is 13.2. The number of likely N-dealkylation sites (tertiary alicyclic amines) is 1. The summed E-state index contributed by atoms with van der Waals surface area (Å²) in [6.07, 6.45) is 2.61. The van der Waals surface area contributed by atoms with Gasteiger partial charge in [0.25, 0.3) is 0 Å². The number of halogens is 2. The van der Waals surface area contributed by atoms with Crippen LogP contribution in [-0.4, -0.2) is 31.1 Å². The number of hydrogen-bond acceptors (Lipinski definition) is 3. The molecule has 1 aromatic rings. The quantitative estimate of drug-likeness (QED) is 0.816. The highest BCUT2D eigenvalue weighted by atomic mass is 35.5. The van der Waals surface area contributed by atoms with Crippen molar-refractivity contribution in [3.63, 3.8) is 0 Å². The lowest BCUT2D eigenvalue weighted by Crippen LogP contribution is -2.29. The van der Waals surface area contributed by atoms with Gasteiger partial charge in [-0.3, -0.25) is 0 Å². The summed E-state index contributed by atoms with van der Waals surface area (Å²) in [6.45, 7) is 6.50. The summed E-state index contributed by atoms with van der Waals surface area (Å²) < 4.78 is 13.2. The summed E-state index contributed by atoms with van der Waals surface area (Å²) >= 11 is 5.76. The van der Waals surface area contributed by atoms with Gasteiger partial charge in [0.15, 0.2) is 0 Å². The van der Waals surface area contributed by atoms with E-state index in [0.717, 1.165) is 13.1 Å². The Labute approximate surface area is 118 Å². The van der Waals surface area contributed by atoms with E-state index in [1.165, 1.54) is 32.0 Å². The zero-order chi connectivity index (χ0) is 13.8. The fourth-order valence-corrected chi connectivity index (χ4v) is 2.63. The van der Waals surface area contributed by atoms with Crippen LogP contribution in [0.15, 0.2) is 12.1 Å². The molecule has 3 N–H and O–H groups in total. The van der Waals surface area contributed by atoms with Gasteiger partial charge in [0, 0.05) is 19.2 Å². The van der Waals surface area contributed by atoms with Crippen LogP contribution < -0.4 is 11.1 Å². The van der Waals surface area contributed by atoms with Gasteiger partial charge in [-0.05, 0) is 37.9 Å². The monoisotopic (exact) mass is 285 g/mol. The third-order valence-electron chi connectivity index (χ3n) is 3.50. The standard InChI is InChI=1S/C14H21ClFN3/c1-10(9-19-4-2-3-5-19)8-18-14-6-11(15)12(16)7-13(14)17/h6-7,10,18H,2-5,8-9,17H2,1H3. The largest absolute Gasteiger partial charge is 0.397 e. The lowest BCUT2D eigenvalue weighted by Gasteiger charge is -2.21. The number of nitrogen functional groups attached to an aromatic ring is 1. The van der Waals surface area contributed by atoms with Crippen LogP contribution in [0, 0.1) is 11.7 Å². The molecule has 0 radical (unpaired) electrons. The number of benzene rings is 1. The molecule has 1 fully saturated rings. The van der Waals surface area contributed by atoms with Crippen LogP contribution in [0.25, 0.3) is 0 Å². The number of nitrogens with two attached hydrogens (primary N) is 1. The normalized spacial score (nSPS) is 17.6. The Balaban J connectivity index is 1.85. The lowest BCUT2D eigenvalue weighted by molar-refractivity contribution is 0.294. The molecule has 3 nitrogen and oxygen atoms in total. The fraction of sp³-hybridized carbons (Fsp3) is 0.571. The Morgan fingerprint density at radius 3 is 2.79 bits per heavy atom. The molecule has 19 heavy (non-hydrogen) atoms. The van der Waals surface area contributed by atoms with Crippen molar-refractivity contribution >= 4 is 23.0 Å². The molecule has 1 heterocycles. The van der Waals surface area contributed by atoms with Crippen LogP contribution in [-0.2, 0) is 0 Å². The molecular formula is C14H21ClFN3. The first-order chi connectivity index (χ1) is 9.06. The summed E-state index contributed by atoms with van der Waals surface area (Å²) in [6, 6.07) is 2.81. The molecule has 1 unspecified atom stereocenters. The second-order valence-corrected chi connectivity index (χ2v) is 5.75. The van der Waals surface area contributed by atoms with Gasteiger partial charge < -0.3 is 16.0 Å². The van der Waals surface area contributed by atoms with Gasteiger partial charge in [-0.25, -0.2) is 4.39 Å². The van der Waals surface area contributed by atoms with Crippen LogP contribution in [0.1, 0.15) is 19.8 Å². The van der Waals surface area contributed by atoms with E-state index in [0.29, 0.717) is 17.3 Å². The zero-order valence-corrected chi connectivity index (χ0v) is 12.0. The molecule has 0 amide bonds. The van der Waals surface area contributed by atoms with E-state index in [2.05, 4.69) is 17.1 Å². The highest BCUT2D eigenvalue weighted by Crippen LogP contribution is 2.26. The molecule has 106 valence electrons. The van der Waals surface area contributed by atoms with Crippen molar-refractivity contribution in [3.8, 4) is 0 Å². The van der Waals surface area contributed by atoms with Crippen LogP contribution >= 0.6 is 11.6 Å². The molecule has 2 rings (SSSR count). The van der Waals surface area contributed by atoms with Crippen molar-refractivity contribution in [3.05, 3.63) is 23.0 Å². The molecule has 1 aromatic carbocycles. The molecule has 0 bridgehead atoms. The maximum atomic E-state index is 13.2. The summed E-state index contributed by atoms with van der Waals surface area (Å²) in [4.78, 5) is 2.48. The molecule has 1 aliphatic heterocycles. The second kappa shape index (κ2) is 6.44. The highest BCUT2D eigenvalue weighted by molar-refractivity contribution is 6.31. The van der Waals surface area contributed by atoms with E-state index in [1.807, 2.05) is 0 Å². The average Bonchev–Trinajstić information content (AvgIpc) is 2.85. The SMILES string of the molecule is CC(CNc1cc(Cl)c(F)cc1N)CN1CCCC1. The first kappa shape index (κ1) is 14.4. The Morgan fingerprint density at radius 2 is 2.11 bits per heavy atom. The lowest BCUT2D eigenvalue weighted by atomic mass is 10.1. The fourth-order valence-electron chi connectivity index (χ4n) is 2.47. The smallest absolute Gasteiger partial charge is 0.143 e. The Kier molecular flexibility index (Phi) is 4.88. The zero-order valence-electron chi connectivity index (χ0n) is 11.3. The van der Waals surface area contributed by atoms with E-state index in [9.17, 15) is 4.39 Å². The molecule has 1 atom stereocenters. The molecule has 1 saturated heterocycles. The third kappa shape index (κ3) is 3.98. The van der Waals surface area contributed by atoms with Gasteiger partial charge in [-0.15, -0.1) is 0 Å². The molecule has 1 aliphatic rings. The number of rotatable bonds is 5. The number of nitrogens with zero attached hydrogens (tertiary/aromatic N) is 1. The molecule has 0 saturated carbocycles. The molecule has 0 spiro atoms. The van der Waals surface area contributed by atoms with Crippen molar-refractivity contribution in [1.29, 1.82) is 0 Å². The van der Waals surface area contributed by atoms with Crippen molar-refractivity contribution in [2.24, 2.45) is 5.92 Å². The molecular weight excluding hydrogens is 265 g/mol. The van der Waals surface area contributed by atoms with E-state index in [-0.39, 0.29) is 5.02 Å². The second-order valence-electron chi connectivity index (χ2n) is 5.35. The van der Waals surface area contributed by atoms with Crippen LogP contribution in [0.3, 0.4) is 0 Å². The third-order valence-corrected chi connectivity index (χ3v) is 3.79. The topological polar surface area (TPSA) is 41.3 Å². The van der Waals surface area contributed by atoms with Gasteiger partial charge >= 0.3 is 0 Å². The van der Waals surface area contributed by atoms with E-state index in [1.54, 1.807) is 6.07 Å². The Morgan fingerprint density at radius 1 is 1.42 bits per heavy atom. The first-order valence-electron chi connectivity index (χ1n) is 6.77. The minimum Gasteiger partial charge on any atom is -0.397 e. The Bertz CT molecular complexity index is 433. The molecule has 5 heteroatoms. The minimum absolute atomic E-state index is 0.101. The highest BCUT2D eigenvalue weighted by Gasteiger charge is 2.15. The van der Waals surface area contributed by atoms with E-state index < -0.39 is 5.82 Å². The summed E-state index contributed by atoms with van der Waals surface area (Å²) in [5.74, 6) is 0.0381. The van der Waals surface area contributed by atoms with Crippen molar-refractivity contribution < 1.29 is 4.39 Å². The van der Waals surface area contributed by atoms with Crippen LogP contribution in [0.5, 0.6) is 0 Å². The maximum Gasteiger partial charge on any atom is 0.143 e. The summed E-state index contributed by atoms with van der Waals surface area (Å²) in [5, 5.41) is 3.35. The van der Waals surface area contributed by atoms with Crippen molar-refractivity contribution in [2.75, 3.05) is 37.2 Å². The van der Waals surface area contributed by atoms with Gasteiger partial charge in [0.1, 0.15) is 5.82 Å². The van der Waals surface area contributed by atoms with Crippen LogP contribution in [0.2, 0.25) is 5.02 Å². The minimum atomic E-state index is -0.477. The van der Waals surface area contributed by atoms with Crippen molar-refractivity contribution in [2.45, 2.75) is 19.8 Å². The predicted molar refractivity (Wildman–Crippen MR) is 79.2 cm³/mol.